The molecule has 0 saturated carbocycles. The van der Waals surface area contributed by atoms with Crippen LogP contribution in [-0.2, 0) is 0 Å². The van der Waals surface area contributed by atoms with Gasteiger partial charge < -0.3 is 10.2 Å². The van der Waals surface area contributed by atoms with E-state index < -0.39 is 5.82 Å². The summed E-state index contributed by atoms with van der Waals surface area (Å²) in [6, 6.07) is 15.7. The predicted octanol–water partition coefficient (Wildman–Crippen LogP) is 2.86. The fraction of sp³-hybridized carbons (Fsp3) is 0.235. The van der Waals surface area contributed by atoms with E-state index in [4.69, 9.17) is 0 Å². The molecule has 0 aromatic heterocycles. The number of amides is 1. The van der Waals surface area contributed by atoms with Crippen LogP contribution < -0.4 is 5.32 Å². The van der Waals surface area contributed by atoms with Crippen LogP contribution in [-0.4, -0.2) is 31.4 Å². The van der Waals surface area contributed by atoms with Crippen molar-refractivity contribution in [3.63, 3.8) is 0 Å². The molecule has 1 unspecified atom stereocenters. The molecule has 1 N–H and O–H groups in total. The zero-order chi connectivity index (χ0) is 15.2. The average molecular weight is 286 g/mol. The smallest absolute Gasteiger partial charge is 0.251 e. The highest BCUT2D eigenvalue weighted by atomic mass is 19.1. The quantitative estimate of drug-likeness (QED) is 0.916. The van der Waals surface area contributed by atoms with E-state index in [2.05, 4.69) is 5.32 Å². The van der Waals surface area contributed by atoms with Crippen LogP contribution in [0.1, 0.15) is 22.0 Å². The first-order chi connectivity index (χ1) is 10.1. The molecule has 2 rings (SSSR count). The third kappa shape index (κ3) is 4.13. The average Bonchev–Trinajstić information content (AvgIpc) is 2.48. The van der Waals surface area contributed by atoms with Crippen LogP contribution in [0.15, 0.2) is 54.6 Å². The molecule has 1 amide bonds. The van der Waals surface area contributed by atoms with E-state index in [1.165, 1.54) is 18.2 Å². The molecule has 0 fully saturated rings. The van der Waals surface area contributed by atoms with E-state index in [9.17, 15) is 9.18 Å². The van der Waals surface area contributed by atoms with Gasteiger partial charge in [-0.15, -0.1) is 0 Å². The van der Waals surface area contributed by atoms with Gasteiger partial charge in [-0.3, -0.25) is 4.79 Å². The molecule has 1 atom stereocenters. The minimum atomic E-state index is -0.408. The van der Waals surface area contributed by atoms with Gasteiger partial charge in [0.2, 0.25) is 0 Å². The molecule has 110 valence electrons. The number of benzene rings is 2. The summed E-state index contributed by atoms with van der Waals surface area (Å²) in [6.45, 7) is 0.465. The number of hydrogen-bond donors (Lipinski definition) is 1. The summed E-state index contributed by atoms with van der Waals surface area (Å²) in [6.07, 6.45) is 0. The third-order valence-electron chi connectivity index (χ3n) is 3.35. The second-order valence-corrected chi connectivity index (χ2v) is 5.11. The largest absolute Gasteiger partial charge is 0.350 e. The van der Waals surface area contributed by atoms with E-state index in [0.717, 1.165) is 5.56 Å². The predicted molar refractivity (Wildman–Crippen MR) is 81.6 cm³/mol. The van der Waals surface area contributed by atoms with Crippen LogP contribution in [0, 0.1) is 5.82 Å². The van der Waals surface area contributed by atoms with Crippen LogP contribution in [0.3, 0.4) is 0 Å². The number of halogens is 1. The minimum absolute atomic E-state index is 0.0729. The number of rotatable bonds is 5. The van der Waals surface area contributed by atoms with Crippen LogP contribution in [0.2, 0.25) is 0 Å². The van der Waals surface area contributed by atoms with Gasteiger partial charge in [0.25, 0.3) is 5.91 Å². The van der Waals surface area contributed by atoms with Crippen LogP contribution in [0.25, 0.3) is 0 Å². The summed E-state index contributed by atoms with van der Waals surface area (Å²) >= 11 is 0. The highest BCUT2D eigenvalue weighted by Gasteiger charge is 2.15. The fourth-order valence-corrected chi connectivity index (χ4v) is 2.19. The molecule has 2 aromatic carbocycles. The molecule has 0 saturated heterocycles. The van der Waals surface area contributed by atoms with Gasteiger partial charge in [-0.2, -0.15) is 0 Å². The van der Waals surface area contributed by atoms with Crippen LogP contribution in [0.4, 0.5) is 4.39 Å². The van der Waals surface area contributed by atoms with Crippen molar-refractivity contribution < 1.29 is 9.18 Å². The lowest BCUT2D eigenvalue weighted by Gasteiger charge is -2.25. The maximum atomic E-state index is 13.1. The lowest BCUT2D eigenvalue weighted by molar-refractivity contribution is 0.0941. The molecule has 0 bridgehead atoms. The number of carbonyl (C=O) groups is 1. The Morgan fingerprint density at radius 2 is 1.86 bits per heavy atom. The van der Waals surface area contributed by atoms with E-state index in [1.54, 1.807) is 6.07 Å². The monoisotopic (exact) mass is 286 g/mol. The van der Waals surface area contributed by atoms with Gasteiger partial charge in [0.15, 0.2) is 0 Å². The number of hydrogen-bond acceptors (Lipinski definition) is 2. The SMILES string of the molecule is CN(C)C(CNC(=O)c1cccc(F)c1)c1ccccc1. The van der Waals surface area contributed by atoms with Crippen molar-refractivity contribution >= 4 is 5.91 Å². The maximum Gasteiger partial charge on any atom is 0.251 e. The maximum absolute atomic E-state index is 13.1. The molecule has 3 nitrogen and oxygen atoms in total. The second-order valence-electron chi connectivity index (χ2n) is 5.11. The number of nitrogens with one attached hydrogen (secondary N) is 1. The summed E-state index contributed by atoms with van der Waals surface area (Å²) in [4.78, 5) is 14.1. The zero-order valence-corrected chi connectivity index (χ0v) is 12.2. The molecule has 0 aliphatic heterocycles. The van der Waals surface area contributed by atoms with Crippen molar-refractivity contribution in [2.24, 2.45) is 0 Å². The highest BCUT2D eigenvalue weighted by Crippen LogP contribution is 2.16. The molecule has 2 aromatic rings. The van der Waals surface area contributed by atoms with Gasteiger partial charge in [0, 0.05) is 12.1 Å². The van der Waals surface area contributed by atoms with E-state index in [-0.39, 0.29) is 11.9 Å². The van der Waals surface area contributed by atoms with Crippen LogP contribution in [0.5, 0.6) is 0 Å². The van der Waals surface area contributed by atoms with Crippen molar-refractivity contribution in [2.45, 2.75) is 6.04 Å². The van der Waals surface area contributed by atoms with Crippen molar-refractivity contribution in [1.29, 1.82) is 0 Å². The third-order valence-corrected chi connectivity index (χ3v) is 3.35. The highest BCUT2D eigenvalue weighted by molar-refractivity contribution is 5.94. The molecule has 0 heterocycles. The summed E-state index contributed by atoms with van der Waals surface area (Å²) in [5.74, 6) is -0.674. The fourth-order valence-electron chi connectivity index (χ4n) is 2.19. The molecule has 0 aliphatic rings. The first kappa shape index (κ1) is 15.2. The van der Waals surface area contributed by atoms with Gasteiger partial charge in [-0.25, -0.2) is 4.39 Å². The summed E-state index contributed by atoms with van der Waals surface area (Å²) in [5, 5.41) is 2.86. The Bertz CT molecular complexity index is 599. The number of nitrogens with zero attached hydrogens (tertiary/aromatic N) is 1. The van der Waals surface area contributed by atoms with Gasteiger partial charge >= 0.3 is 0 Å². The molecule has 0 radical (unpaired) electrons. The van der Waals surface area contributed by atoms with Crippen LogP contribution >= 0.6 is 0 Å². The first-order valence-electron chi connectivity index (χ1n) is 6.83. The standard InChI is InChI=1S/C17H19FN2O/c1-20(2)16(13-7-4-3-5-8-13)12-19-17(21)14-9-6-10-15(18)11-14/h3-11,16H,12H2,1-2H3,(H,19,21). The van der Waals surface area contributed by atoms with Gasteiger partial charge in [0.05, 0.1) is 6.04 Å². The summed E-state index contributed by atoms with van der Waals surface area (Å²) in [5.41, 5.74) is 1.46. The molecular formula is C17H19FN2O. The Kier molecular flexibility index (Phi) is 5.06. The normalized spacial score (nSPS) is 12.2. The Hall–Kier alpha value is -2.20. The Morgan fingerprint density at radius 1 is 1.14 bits per heavy atom. The molecule has 0 aliphatic carbocycles. The van der Waals surface area contributed by atoms with Gasteiger partial charge in [-0.1, -0.05) is 36.4 Å². The summed E-state index contributed by atoms with van der Waals surface area (Å²) in [7, 11) is 3.93. The summed E-state index contributed by atoms with van der Waals surface area (Å²) < 4.78 is 13.1. The lowest BCUT2D eigenvalue weighted by Crippen LogP contribution is -2.34. The molecule has 0 spiro atoms. The molecule has 21 heavy (non-hydrogen) atoms. The molecule has 4 heteroatoms. The molecular weight excluding hydrogens is 267 g/mol. The van der Waals surface area contributed by atoms with Crippen molar-refractivity contribution in [2.75, 3.05) is 20.6 Å². The minimum Gasteiger partial charge on any atom is -0.350 e. The number of likely N-dealkylation sites (N-methyl/N-ethyl adjacent to an activating group) is 1. The van der Waals surface area contributed by atoms with E-state index in [0.29, 0.717) is 12.1 Å². The van der Waals surface area contributed by atoms with Gasteiger partial charge in [-0.05, 0) is 37.9 Å². The van der Waals surface area contributed by atoms with Crippen molar-refractivity contribution in [3.05, 3.63) is 71.5 Å². The topological polar surface area (TPSA) is 32.3 Å². The van der Waals surface area contributed by atoms with Crippen molar-refractivity contribution in [3.8, 4) is 0 Å². The van der Waals surface area contributed by atoms with Gasteiger partial charge in [0.1, 0.15) is 5.82 Å². The Morgan fingerprint density at radius 3 is 2.48 bits per heavy atom. The van der Waals surface area contributed by atoms with E-state index >= 15 is 0 Å². The van der Waals surface area contributed by atoms with E-state index in [1.807, 2.05) is 49.3 Å². The zero-order valence-electron chi connectivity index (χ0n) is 12.2. The number of carbonyl (C=O) groups excluding carboxylic acids is 1. The Balaban J connectivity index is 2.04. The first-order valence-corrected chi connectivity index (χ1v) is 6.83. The lowest BCUT2D eigenvalue weighted by atomic mass is 10.1. The second kappa shape index (κ2) is 6.99. The Labute approximate surface area is 124 Å². The van der Waals surface area contributed by atoms with Crippen molar-refractivity contribution in [1.82, 2.24) is 10.2 Å².